The highest BCUT2D eigenvalue weighted by Gasteiger charge is 2.07. The van der Waals surface area contributed by atoms with Crippen LogP contribution in [-0.4, -0.2) is 10.9 Å². The Morgan fingerprint density at radius 3 is 2.93 bits per heavy atom. The summed E-state index contributed by atoms with van der Waals surface area (Å²) in [6.07, 6.45) is 2.20. The molecule has 0 atom stereocenters. The number of amides is 1. The molecular weight excluding hydrogens is 244 g/mol. The maximum absolute atomic E-state index is 11.4. The Labute approximate surface area is 92.1 Å². The van der Waals surface area contributed by atoms with Gasteiger partial charge in [-0.25, -0.2) is 4.98 Å². The van der Waals surface area contributed by atoms with Crippen LogP contribution in [0.4, 0.5) is 5.69 Å². The number of nitrogens with one attached hydrogen (secondary N) is 1. The lowest BCUT2D eigenvalue weighted by Gasteiger charge is -2.07. The van der Waals surface area contributed by atoms with Gasteiger partial charge in [-0.3, -0.25) is 4.79 Å². The number of nitrogens with zero attached hydrogens (tertiary/aromatic N) is 1. The summed E-state index contributed by atoms with van der Waals surface area (Å²) in [6, 6.07) is 3.60. The van der Waals surface area contributed by atoms with Crippen LogP contribution in [0.1, 0.15) is 20.3 Å². The Bertz CT molecular complexity index is 326. The predicted molar refractivity (Wildman–Crippen MR) is 60.0 cm³/mol. The van der Waals surface area contributed by atoms with E-state index < -0.39 is 0 Å². The number of aromatic nitrogens is 1. The van der Waals surface area contributed by atoms with Gasteiger partial charge in [-0.05, 0) is 34.0 Å². The van der Waals surface area contributed by atoms with Gasteiger partial charge in [0.1, 0.15) is 4.60 Å². The Morgan fingerprint density at radius 2 is 2.36 bits per heavy atom. The van der Waals surface area contributed by atoms with E-state index in [1.54, 1.807) is 12.3 Å². The Hall–Kier alpha value is -0.900. The zero-order valence-electron chi connectivity index (χ0n) is 8.25. The van der Waals surface area contributed by atoms with E-state index in [0.717, 1.165) is 5.69 Å². The van der Waals surface area contributed by atoms with Gasteiger partial charge in [0.05, 0.1) is 5.69 Å². The number of rotatable bonds is 3. The molecular formula is C10H13BrN2O. The first-order valence-electron chi connectivity index (χ1n) is 4.50. The second-order valence-electron chi connectivity index (χ2n) is 3.49. The summed E-state index contributed by atoms with van der Waals surface area (Å²) >= 11 is 3.27. The largest absolute Gasteiger partial charge is 0.324 e. The van der Waals surface area contributed by atoms with Crippen molar-refractivity contribution in [1.29, 1.82) is 0 Å². The molecule has 0 aliphatic carbocycles. The van der Waals surface area contributed by atoms with Crippen molar-refractivity contribution in [1.82, 2.24) is 4.98 Å². The second kappa shape index (κ2) is 5.10. The molecule has 0 bridgehead atoms. The SMILES string of the molecule is CC(C)CC(=O)Nc1cccnc1Br. The Kier molecular flexibility index (Phi) is 4.07. The van der Waals surface area contributed by atoms with E-state index in [4.69, 9.17) is 0 Å². The van der Waals surface area contributed by atoms with E-state index >= 15 is 0 Å². The van der Waals surface area contributed by atoms with Gasteiger partial charge in [-0.2, -0.15) is 0 Å². The van der Waals surface area contributed by atoms with Crippen molar-refractivity contribution >= 4 is 27.5 Å². The van der Waals surface area contributed by atoms with Crippen molar-refractivity contribution in [3.05, 3.63) is 22.9 Å². The predicted octanol–water partition coefficient (Wildman–Crippen LogP) is 2.83. The van der Waals surface area contributed by atoms with E-state index in [0.29, 0.717) is 16.9 Å². The van der Waals surface area contributed by atoms with Crippen LogP contribution in [0, 0.1) is 5.92 Å². The second-order valence-corrected chi connectivity index (χ2v) is 4.24. The minimum atomic E-state index is 0.0219. The molecule has 0 fully saturated rings. The number of halogens is 1. The number of pyridine rings is 1. The third-order valence-corrected chi connectivity index (χ3v) is 2.26. The molecule has 0 aliphatic rings. The van der Waals surface area contributed by atoms with Gasteiger partial charge in [-0.15, -0.1) is 0 Å². The zero-order chi connectivity index (χ0) is 10.6. The quantitative estimate of drug-likeness (QED) is 0.846. The molecule has 0 saturated carbocycles. The van der Waals surface area contributed by atoms with Gasteiger partial charge in [0.15, 0.2) is 0 Å². The molecule has 0 spiro atoms. The summed E-state index contributed by atoms with van der Waals surface area (Å²) in [5.41, 5.74) is 0.721. The van der Waals surface area contributed by atoms with Gasteiger partial charge in [0.25, 0.3) is 0 Å². The molecule has 1 N–H and O–H groups in total. The topological polar surface area (TPSA) is 42.0 Å². The molecule has 0 aliphatic heterocycles. The highest BCUT2D eigenvalue weighted by Crippen LogP contribution is 2.18. The maximum atomic E-state index is 11.4. The molecule has 76 valence electrons. The van der Waals surface area contributed by atoms with Crippen molar-refractivity contribution in [2.24, 2.45) is 5.92 Å². The third kappa shape index (κ3) is 3.46. The van der Waals surface area contributed by atoms with E-state index in [1.807, 2.05) is 19.9 Å². The first kappa shape index (κ1) is 11.2. The fourth-order valence-electron chi connectivity index (χ4n) is 1.05. The molecule has 4 heteroatoms. The molecule has 14 heavy (non-hydrogen) atoms. The molecule has 1 aromatic rings. The molecule has 0 saturated heterocycles. The average molecular weight is 257 g/mol. The Balaban J connectivity index is 2.61. The standard InChI is InChI=1S/C10H13BrN2O/c1-7(2)6-9(14)13-8-4-3-5-12-10(8)11/h3-5,7H,6H2,1-2H3,(H,13,14). The molecule has 1 aromatic heterocycles. The smallest absolute Gasteiger partial charge is 0.224 e. The number of hydrogen-bond acceptors (Lipinski definition) is 2. The minimum Gasteiger partial charge on any atom is -0.324 e. The molecule has 1 heterocycles. The van der Waals surface area contributed by atoms with Crippen molar-refractivity contribution < 1.29 is 4.79 Å². The van der Waals surface area contributed by atoms with Gasteiger partial charge in [0, 0.05) is 12.6 Å². The first-order chi connectivity index (χ1) is 6.59. The lowest BCUT2D eigenvalue weighted by atomic mass is 10.1. The third-order valence-electron chi connectivity index (χ3n) is 1.63. The fourth-order valence-corrected chi connectivity index (χ4v) is 1.40. The summed E-state index contributed by atoms with van der Waals surface area (Å²) in [5.74, 6) is 0.388. The number of anilines is 1. The van der Waals surface area contributed by atoms with Crippen LogP contribution in [0.15, 0.2) is 22.9 Å². The zero-order valence-corrected chi connectivity index (χ0v) is 9.84. The van der Waals surface area contributed by atoms with Crippen LogP contribution in [0.5, 0.6) is 0 Å². The first-order valence-corrected chi connectivity index (χ1v) is 5.29. The number of hydrogen-bond donors (Lipinski definition) is 1. The molecule has 0 aromatic carbocycles. The normalized spacial score (nSPS) is 10.3. The molecule has 1 rings (SSSR count). The van der Waals surface area contributed by atoms with Crippen molar-refractivity contribution in [3.8, 4) is 0 Å². The molecule has 0 radical (unpaired) electrons. The van der Waals surface area contributed by atoms with E-state index in [-0.39, 0.29) is 5.91 Å². The summed E-state index contributed by atoms with van der Waals surface area (Å²) < 4.78 is 0.664. The lowest BCUT2D eigenvalue weighted by Crippen LogP contribution is -2.14. The molecule has 1 amide bonds. The summed E-state index contributed by atoms with van der Waals surface area (Å²) in [5, 5.41) is 2.79. The van der Waals surface area contributed by atoms with Crippen LogP contribution in [0.2, 0.25) is 0 Å². The summed E-state index contributed by atoms with van der Waals surface area (Å²) in [6.45, 7) is 4.02. The van der Waals surface area contributed by atoms with Crippen LogP contribution < -0.4 is 5.32 Å². The average Bonchev–Trinajstić information content (AvgIpc) is 2.07. The molecule has 3 nitrogen and oxygen atoms in total. The van der Waals surface area contributed by atoms with Crippen LogP contribution in [-0.2, 0) is 4.79 Å². The Morgan fingerprint density at radius 1 is 1.64 bits per heavy atom. The summed E-state index contributed by atoms with van der Waals surface area (Å²) in [7, 11) is 0. The van der Waals surface area contributed by atoms with Crippen molar-refractivity contribution in [3.63, 3.8) is 0 Å². The van der Waals surface area contributed by atoms with E-state index in [1.165, 1.54) is 0 Å². The fraction of sp³-hybridized carbons (Fsp3) is 0.400. The lowest BCUT2D eigenvalue weighted by molar-refractivity contribution is -0.116. The number of carbonyl (C=O) groups is 1. The monoisotopic (exact) mass is 256 g/mol. The van der Waals surface area contributed by atoms with Crippen molar-refractivity contribution in [2.45, 2.75) is 20.3 Å². The van der Waals surface area contributed by atoms with Gasteiger partial charge < -0.3 is 5.32 Å². The van der Waals surface area contributed by atoms with Crippen LogP contribution in [0.25, 0.3) is 0 Å². The van der Waals surface area contributed by atoms with Crippen LogP contribution in [0.3, 0.4) is 0 Å². The van der Waals surface area contributed by atoms with Gasteiger partial charge in [-0.1, -0.05) is 13.8 Å². The van der Waals surface area contributed by atoms with Gasteiger partial charge in [0.2, 0.25) is 5.91 Å². The number of carbonyl (C=O) groups excluding carboxylic acids is 1. The van der Waals surface area contributed by atoms with E-state index in [9.17, 15) is 4.79 Å². The van der Waals surface area contributed by atoms with Crippen LogP contribution >= 0.6 is 15.9 Å². The van der Waals surface area contributed by atoms with Gasteiger partial charge >= 0.3 is 0 Å². The minimum absolute atomic E-state index is 0.0219. The van der Waals surface area contributed by atoms with Crippen molar-refractivity contribution in [2.75, 3.05) is 5.32 Å². The molecule has 0 unspecified atom stereocenters. The highest BCUT2D eigenvalue weighted by molar-refractivity contribution is 9.10. The maximum Gasteiger partial charge on any atom is 0.224 e. The van der Waals surface area contributed by atoms with E-state index in [2.05, 4.69) is 26.2 Å². The summed E-state index contributed by atoms with van der Waals surface area (Å²) in [4.78, 5) is 15.4. The highest BCUT2D eigenvalue weighted by atomic mass is 79.9.